The third-order valence-electron chi connectivity index (χ3n) is 5.77. The number of benzene rings is 2. The number of carbonyl (C=O) groups is 1. The van der Waals surface area contributed by atoms with Crippen LogP contribution in [0, 0.1) is 12.8 Å². The van der Waals surface area contributed by atoms with E-state index in [4.69, 9.17) is 4.98 Å². The molecule has 4 heteroatoms. The summed E-state index contributed by atoms with van der Waals surface area (Å²) in [6.07, 6.45) is 1.66. The van der Waals surface area contributed by atoms with Crippen molar-refractivity contribution in [2.45, 2.75) is 46.1 Å². The lowest BCUT2D eigenvalue weighted by Crippen LogP contribution is -2.25. The van der Waals surface area contributed by atoms with Crippen LogP contribution in [0.25, 0.3) is 11.0 Å². The first-order valence-corrected chi connectivity index (χ1v) is 9.89. The van der Waals surface area contributed by atoms with Gasteiger partial charge in [0.15, 0.2) is 0 Å². The molecular formula is C23H27N3O. The molecular weight excluding hydrogens is 334 g/mol. The van der Waals surface area contributed by atoms with Gasteiger partial charge in [0.25, 0.3) is 0 Å². The molecule has 2 heterocycles. The van der Waals surface area contributed by atoms with E-state index in [2.05, 4.69) is 49.6 Å². The van der Waals surface area contributed by atoms with Gasteiger partial charge in [-0.15, -0.1) is 0 Å². The molecule has 1 saturated heterocycles. The Morgan fingerprint density at radius 3 is 2.67 bits per heavy atom. The molecule has 0 radical (unpaired) electrons. The molecule has 0 bridgehead atoms. The summed E-state index contributed by atoms with van der Waals surface area (Å²) in [5, 5.41) is 0. The average Bonchev–Trinajstić information content (AvgIpc) is 3.23. The van der Waals surface area contributed by atoms with Crippen LogP contribution in [0.2, 0.25) is 0 Å². The Bertz CT molecular complexity index is 975. The van der Waals surface area contributed by atoms with Crippen LogP contribution in [0.3, 0.4) is 0 Å². The molecule has 27 heavy (non-hydrogen) atoms. The van der Waals surface area contributed by atoms with Gasteiger partial charge in [-0.05, 0) is 36.6 Å². The standard InChI is InChI=1S/C23H27N3O/c1-4-16(2)14-26-21-12-8-6-10-19(21)24-23(26)18-13-22(27)25(15-18)20-11-7-5-9-17(20)3/h5-12,16,18H,4,13-15H2,1-3H3/t16-,18-/m0/s1. The Morgan fingerprint density at radius 1 is 1.15 bits per heavy atom. The largest absolute Gasteiger partial charge is 0.327 e. The van der Waals surface area contributed by atoms with Crippen molar-refractivity contribution in [3.05, 3.63) is 59.9 Å². The molecule has 1 aliphatic heterocycles. The van der Waals surface area contributed by atoms with Crippen molar-refractivity contribution in [3.63, 3.8) is 0 Å². The van der Waals surface area contributed by atoms with Gasteiger partial charge in [0, 0.05) is 31.1 Å². The Labute approximate surface area is 160 Å². The maximum Gasteiger partial charge on any atom is 0.227 e. The number of hydrogen-bond acceptors (Lipinski definition) is 2. The summed E-state index contributed by atoms with van der Waals surface area (Å²) in [5.41, 5.74) is 4.36. The number of rotatable bonds is 5. The molecule has 1 aliphatic rings. The Hall–Kier alpha value is -2.62. The highest BCUT2D eigenvalue weighted by atomic mass is 16.2. The molecule has 0 spiro atoms. The summed E-state index contributed by atoms with van der Waals surface area (Å²) in [5.74, 6) is 1.96. The lowest BCUT2D eigenvalue weighted by atomic mass is 10.1. The smallest absolute Gasteiger partial charge is 0.227 e. The second-order valence-electron chi connectivity index (χ2n) is 7.77. The summed E-state index contributed by atoms with van der Waals surface area (Å²) in [6, 6.07) is 16.4. The van der Waals surface area contributed by atoms with Gasteiger partial charge in [0.05, 0.1) is 11.0 Å². The van der Waals surface area contributed by atoms with E-state index in [9.17, 15) is 4.79 Å². The van der Waals surface area contributed by atoms with E-state index in [0.29, 0.717) is 18.9 Å². The lowest BCUT2D eigenvalue weighted by Gasteiger charge is -2.20. The van der Waals surface area contributed by atoms with Crippen molar-refractivity contribution in [1.82, 2.24) is 9.55 Å². The van der Waals surface area contributed by atoms with Crippen LogP contribution in [-0.4, -0.2) is 22.0 Å². The number of aromatic nitrogens is 2. The van der Waals surface area contributed by atoms with E-state index in [-0.39, 0.29) is 11.8 Å². The number of fused-ring (bicyclic) bond motifs is 1. The van der Waals surface area contributed by atoms with E-state index in [0.717, 1.165) is 35.6 Å². The van der Waals surface area contributed by atoms with Crippen molar-refractivity contribution in [2.75, 3.05) is 11.4 Å². The van der Waals surface area contributed by atoms with Gasteiger partial charge in [-0.3, -0.25) is 4.79 Å². The van der Waals surface area contributed by atoms with Gasteiger partial charge in [0.2, 0.25) is 5.91 Å². The van der Waals surface area contributed by atoms with Crippen molar-refractivity contribution >= 4 is 22.6 Å². The lowest BCUT2D eigenvalue weighted by molar-refractivity contribution is -0.117. The van der Waals surface area contributed by atoms with Gasteiger partial charge in [-0.2, -0.15) is 0 Å². The van der Waals surface area contributed by atoms with Crippen molar-refractivity contribution in [2.24, 2.45) is 5.92 Å². The number of hydrogen-bond donors (Lipinski definition) is 0. The Kier molecular flexibility index (Phi) is 4.73. The van der Waals surface area contributed by atoms with Gasteiger partial charge in [0.1, 0.15) is 5.82 Å². The second-order valence-corrected chi connectivity index (χ2v) is 7.77. The number of nitrogens with zero attached hydrogens (tertiary/aromatic N) is 3. The molecule has 0 aliphatic carbocycles. The molecule has 4 nitrogen and oxygen atoms in total. The van der Waals surface area contributed by atoms with Crippen LogP contribution in [0.4, 0.5) is 5.69 Å². The van der Waals surface area contributed by atoms with E-state index in [1.165, 1.54) is 5.52 Å². The highest BCUT2D eigenvalue weighted by Gasteiger charge is 2.35. The first-order chi connectivity index (χ1) is 13.1. The summed E-state index contributed by atoms with van der Waals surface area (Å²) in [4.78, 5) is 19.7. The molecule has 3 aromatic rings. The molecule has 0 N–H and O–H groups in total. The fraction of sp³-hybridized carbons (Fsp3) is 0.391. The van der Waals surface area contributed by atoms with E-state index in [1.807, 2.05) is 29.2 Å². The number of amides is 1. The van der Waals surface area contributed by atoms with E-state index < -0.39 is 0 Å². The zero-order valence-electron chi connectivity index (χ0n) is 16.4. The number of anilines is 1. The predicted octanol–water partition coefficient (Wildman–Crippen LogP) is 4.91. The highest BCUT2D eigenvalue weighted by Crippen LogP contribution is 2.34. The molecule has 4 rings (SSSR count). The van der Waals surface area contributed by atoms with Gasteiger partial charge >= 0.3 is 0 Å². The zero-order valence-corrected chi connectivity index (χ0v) is 16.4. The van der Waals surface area contributed by atoms with Crippen LogP contribution < -0.4 is 4.90 Å². The van der Waals surface area contributed by atoms with Crippen LogP contribution in [0.15, 0.2) is 48.5 Å². The minimum absolute atomic E-state index is 0.133. The van der Waals surface area contributed by atoms with E-state index in [1.54, 1.807) is 0 Å². The van der Waals surface area contributed by atoms with Crippen LogP contribution >= 0.6 is 0 Å². The summed E-state index contributed by atoms with van der Waals surface area (Å²) in [7, 11) is 0. The normalized spacial score (nSPS) is 18.4. The minimum Gasteiger partial charge on any atom is -0.327 e. The molecule has 1 fully saturated rings. The molecule has 1 aromatic heterocycles. The van der Waals surface area contributed by atoms with Crippen molar-refractivity contribution in [1.29, 1.82) is 0 Å². The summed E-state index contributed by atoms with van der Waals surface area (Å²) >= 11 is 0. The average molecular weight is 361 g/mol. The van der Waals surface area contributed by atoms with Gasteiger partial charge in [-0.1, -0.05) is 50.6 Å². The van der Waals surface area contributed by atoms with Crippen LogP contribution in [0.5, 0.6) is 0 Å². The fourth-order valence-electron chi connectivity index (χ4n) is 4.02. The number of aryl methyl sites for hydroxylation is 1. The second kappa shape index (κ2) is 7.18. The number of carbonyl (C=O) groups excluding carboxylic acids is 1. The maximum atomic E-state index is 12.8. The SMILES string of the molecule is CC[C@H](C)Cn1c([C@H]2CC(=O)N(c3ccccc3C)C2)nc2ccccc21. The van der Waals surface area contributed by atoms with Crippen LogP contribution in [0.1, 0.15) is 44.0 Å². The first kappa shape index (κ1) is 17.8. The first-order valence-electron chi connectivity index (χ1n) is 9.89. The maximum absolute atomic E-state index is 12.8. The van der Waals surface area contributed by atoms with E-state index >= 15 is 0 Å². The van der Waals surface area contributed by atoms with Gasteiger partial charge < -0.3 is 9.47 Å². The predicted molar refractivity (Wildman–Crippen MR) is 110 cm³/mol. The van der Waals surface area contributed by atoms with Gasteiger partial charge in [-0.25, -0.2) is 4.98 Å². The fourth-order valence-corrected chi connectivity index (χ4v) is 4.02. The topological polar surface area (TPSA) is 38.1 Å². The van der Waals surface area contributed by atoms with Crippen molar-refractivity contribution in [3.8, 4) is 0 Å². The monoisotopic (exact) mass is 361 g/mol. The highest BCUT2D eigenvalue weighted by molar-refractivity contribution is 5.97. The Morgan fingerprint density at radius 2 is 1.89 bits per heavy atom. The molecule has 2 atom stereocenters. The Balaban J connectivity index is 1.71. The quantitative estimate of drug-likeness (QED) is 0.647. The molecule has 0 saturated carbocycles. The number of para-hydroxylation sites is 3. The molecule has 1 amide bonds. The number of imidazole rings is 1. The summed E-state index contributed by atoms with van der Waals surface area (Å²) in [6.45, 7) is 8.21. The minimum atomic E-state index is 0.133. The van der Waals surface area contributed by atoms with Crippen molar-refractivity contribution < 1.29 is 4.79 Å². The molecule has 140 valence electrons. The van der Waals surface area contributed by atoms with Crippen LogP contribution in [-0.2, 0) is 11.3 Å². The third kappa shape index (κ3) is 3.25. The third-order valence-corrected chi connectivity index (χ3v) is 5.77. The summed E-state index contributed by atoms with van der Waals surface area (Å²) < 4.78 is 2.35. The zero-order chi connectivity index (χ0) is 19.0. The molecule has 0 unspecified atom stereocenters. The molecule has 2 aromatic carbocycles.